The van der Waals surface area contributed by atoms with Gasteiger partial charge in [0, 0.05) is 22.9 Å². The molecule has 0 saturated heterocycles. The molecule has 0 fully saturated rings. The third-order valence-corrected chi connectivity index (χ3v) is 6.24. The summed E-state index contributed by atoms with van der Waals surface area (Å²) in [6, 6.07) is 16.5. The highest BCUT2D eigenvalue weighted by Crippen LogP contribution is 2.32. The number of nitrogens with two attached hydrogens (primary N) is 1. The summed E-state index contributed by atoms with van der Waals surface area (Å²) in [4.78, 5) is 31.5. The molecule has 1 unspecified atom stereocenters. The molecule has 0 bridgehead atoms. The van der Waals surface area contributed by atoms with Crippen molar-refractivity contribution < 1.29 is 9.53 Å². The Bertz CT molecular complexity index is 1290. The van der Waals surface area contributed by atoms with Crippen molar-refractivity contribution in [2.75, 3.05) is 7.11 Å². The first-order valence-electron chi connectivity index (χ1n) is 10.0. The summed E-state index contributed by atoms with van der Waals surface area (Å²) >= 11 is 1.42. The second-order valence-corrected chi connectivity index (χ2v) is 8.07. The van der Waals surface area contributed by atoms with Gasteiger partial charge in [0.15, 0.2) is 0 Å². The number of fused-ring (bicyclic) bond motifs is 1. The number of para-hydroxylation sites is 1. The van der Waals surface area contributed by atoms with Gasteiger partial charge in [0.1, 0.15) is 22.4 Å². The molecular formula is C24H23N3O3S. The Labute approximate surface area is 183 Å². The number of hydrogen-bond acceptors (Lipinski definition) is 5. The highest BCUT2D eigenvalue weighted by molar-refractivity contribution is 7.17. The van der Waals surface area contributed by atoms with Gasteiger partial charge in [-0.15, -0.1) is 11.3 Å². The number of benzene rings is 2. The van der Waals surface area contributed by atoms with Crippen LogP contribution < -0.4 is 16.0 Å². The summed E-state index contributed by atoms with van der Waals surface area (Å²) in [6.45, 7) is 1.84. The first-order valence-corrected chi connectivity index (χ1v) is 10.9. The van der Waals surface area contributed by atoms with Gasteiger partial charge in [-0.05, 0) is 18.1 Å². The average molecular weight is 434 g/mol. The van der Waals surface area contributed by atoms with Crippen LogP contribution in [0.15, 0.2) is 64.8 Å². The van der Waals surface area contributed by atoms with Crippen LogP contribution in [0, 0.1) is 0 Å². The number of methoxy groups -OCH3 is 1. The molecule has 0 aliphatic heterocycles. The van der Waals surface area contributed by atoms with E-state index in [-0.39, 0.29) is 5.56 Å². The van der Waals surface area contributed by atoms with Crippen LogP contribution in [0.25, 0.3) is 21.3 Å². The Hall–Kier alpha value is -3.45. The standard InChI is InChI=1S/C24H23N3O3S/c1-3-18(22(25)28)27-20(13-16-11-7-8-12-19(16)30-2)26-23-21(24(27)29)17(14-31-23)15-9-5-4-6-10-15/h4-12,14,18H,3,13H2,1-2H3,(H2,25,28). The Morgan fingerprint density at radius 1 is 1.16 bits per heavy atom. The molecule has 6 nitrogen and oxygen atoms in total. The van der Waals surface area contributed by atoms with E-state index >= 15 is 0 Å². The van der Waals surface area contributed by atoms with E-state index in [0.29, 0.717) is 34.6 Å². The SMILES string of the molecule is CCC(C(N)=O)n1c(Cc2ccccc2OC)nc2scc(-c3ccccc3)c2c1=O. The predicted molar refractivity (Wildman–Crippen MR) is 124 cm³/mol. The minimum Gasteiger partial charge on any atom is -0.496 e. The minimum atomic E-state index is -0.780. The van der Waals surface area contributed by atoms with Crippen molar-refractivity contribution in [1.29, 1.82) is 0 Å². The van der Waals surface area contributed by atoms with Crippen molar-refractivity contribution in [3.05, 3.63) is 81.7 Å². The second-order valence-electron chi connectivity index (χ2n) is 7.21. The molecule has 31 heavy (non-hydrogen) atoms. The van der Waals surface area contributed by atoms with Gasteiger partial charge in [-0.25, -0.2) is 4.98 Å². The van der Waals surface area contributed by atoms with E-state index in [0.717, 1.165) is 16.7 Å². The lowest BCUT2D eigenvalue weighted by Gasteiger charge is -2.20. The van der Waals surface area contributed by atoms with E-state index in [9.17, 15) is 9.59 Å². The van der Waals surface area contributed by atoms with Gasteiger partial charge >= 0.3 is 0 Å². The minimum absolute atomic E-state index is 0.249. The van der Waals surface area contributed by atoms with Crippen molar-refractivity contribution >= 4 is 27.5 Å². The van der Waals surface area contributed by atoms with Crippen LogP contribution in [0.2, 0.25) is 0 Å². The van der Waals surface area contributed by atoms with Gasteiger partial charge in [-0.3, -0.25) is 14.2 Å². The van der Waals surface area contributed by atoms with E-state index in [2.05, 4.69) is 0 Å². The number of hydrogen-bond donors (Lipinski definition) is 1. The third kappa shape index (κ3) is 3.84. The van der Waals surface area contributed by atoms with Gasteiger partial charge in [-0.2, -0.15) is 0 Å². The molecule has 1 amide bonds. The van der Waals surface area contributed by atoms with Crippen molar-refractivity contribution in [1.82, 2.24) is 9.55 Å². The molecule has 0 saturated carbocycles. The maximum atomic E-state index is 13.7. The van der Waals surface area contributed by atoms with Crippen LogP contribution >= 0.6 is 11.3 Å². The van der Waals surface area contributed by atoms with Crippen LogP contribution in [0.3, 0.4) is 0 Å². The number of primary amides is 1. The summed E-state index contributed by atoms with van der Waals surface area (Å²) < 4.78 is 6.94. The molecule has 2 aromatic carbocycles. The lowest BCUT2D eigenvalue weighted by atomic mass is 10.1. The van der Waals surface area contributed by atoms with Crippen molar-refractivity contribution in [2.45, 2.75) is 25.8 Å². The highest BCUT2D eigenvalue weighted by atomic mass is 32.1. The second kappa shape index (κ2) is 8.73. The first-order chi connectivity index (χ1) is 15.0. The molecule has 0 spiro atoms. The number of ether oxygens (including phenoxy) is 1. The number of nitrogens with zero attached hydrogens (tertiary/aromatic N) is 2. The van der Waals surface area contributed by atoms with Crippen molar-refractivity contribution in [3.8, 4) is 16.9 Å². The first kappa shape index (κ1) is 20.8. The lowest BCUT2D eigenvalue weighted by Crippen LogP contribution is -2.36. The number of thiophene rings is 1. The Kier molecular flexibility index (Phi) is 5.86. The Balaban J connectivity index is 1.97. The largest absolute Gasteiger partial charge is 0.496 e. The molecule has 2 aromatic heterocycles. The van der Waals surface area contributed by atoms with Gasteiger partial charge < -0.3 is 10.5 Å². The van der Waals surface area contributed by atoms with E-state index in [1.165, 1.54) is 15.9 Å². The molecular weight excluding hydrogens is 410 g/mol. The number of carbonyl (C=O) groups is 1. The highest BCUT2D eigenvalue weighted by Gasteiger charge is 2.25. The fourth-order valence-corrected chi connectivity index (χ4v) is 4.81. The van der Waals surface area contributed by atoms with Gasteiger partial charge in [0.25, 0.3) is 5.56 Å². The summed E-state index contributed by atoms with van der Waals surface area (Å²) in [7, 11) is 1.60. The monoisotopic (exact) mass is 433 g/mol. The molecule has 0 radical (unpaired) electrons. The fraction of sp³-hybridized carbons (Fsp3) is 0.208. The Morgan fingerprint density at radius 2 is 1.87 bits per heavy atom. The van der Waals surface area contributed by atoms with E-state index in [4.69, 9.17) is 15.5 Å². The number of carbonyl (C=O) groups excluding carboxylic acids is 1. The van der Waals surface area contributed by atoms with E-state index in [1.807, 2.05) is 66.9 Å². The molecule has 1 atom stereocenters. The molecule has 158 valence electrons. The van der Waals surface area contributed by atoms with Crippen LogP contribution in [-0.2, 0) is 11.2 Å². The zero-order valence-corrected chi connectivity index (χ0v) is 18.2. The van der Waals surface area contributed by atoms with Crippen LogP contribution in [0.5, 0.6) is 5.75 Å². The molecule has 7 heteroatoms. The van der Waals surface area contributed by atoms with Crippen molar-refractivity contribution in [2.24, 2.45) is 5.73 Å². The zero-order valence-electron chi connectivity index (χ0n) is 17.4. The number of amides is 1. The molecule has 0 aliphatic rings. The lowest BCUT2D eigenvalue weighted by molar-refractivity contribution is -0.121. The summed E-state index contributed by atoms with van der Waals surface area (Å²) in [6.07, 6.45) is 0.740. The van der Waals surface area contributed by atoms with E-state index < -0.39 is 11.9 Å². The topological polar surface area (TPSA) is 87.2 Å². The molecule has 2 heterocycles. The summed E-state index contributed by atoms with van der Waals surface area (Å²) in [5.41, 5.74) is 8.06. The Morgan fingerprint density at radius 3 is 2.55 bits per heavy atom. The number of rotatable bonds is 7. The maximum Gasteiger partial charge on any atom is 0.263 e. The van der Waals surface area contributed by atoms with Gasteiger partial charge in [0.05, 0.1) is 12.5 Å². The van der Waals surface area contributed by atoms with Crippen LogP contribution in [0.1, 0.15) is 30.8 Å². The van der Waals surface area contributed by atoms with Crippen LogP contribution in [0.4, 0.5) is 0 Å². The molecule has 4 rings (SSSR count). The summed E-state index contributed by atoms with van der Waals surface area (Å²) in [5, 5.41) is 2.45. The normalized spacial score (nSPS) is 12.1. The average Bonchev–Trinajstić information content (AvgIpc) is 3.21. The number of aromatic nitrogens is 2. The summed E-state index contributed by atoms with van der Waals surface area (Å²) in [5.74, 6) is 0.643. The molecule has 2 N–H and O–H groups in total. The molecule has 0 aliphatic carbocycles. The zero-order chi connectivity index (χ0) is 22.0. The van der Waals surface area contributed by atoms with Crippen LogP contribution in [-0.4, -0.2) is 22.6 Å². The third-order valence-electron chi connectivity index (χ3n) is 5.37. The fourth-order valence-electron chi connectivity index (χ4n) is 3.85. The predicted octanol–water partition coefficient (Wildman–Crippen LogP) is 4.16. The smallest absolute Gasteiger partial charge is 0.263 e. The van der Waals surface area contributed by atoms with Crippen molar-refractivity contribution in [3.63, 3.8) is 0 Å². The van der Waals surface area contributed by atoms with E-state index in [1.54, 1.807) is 7.11 Å². The maximum absolute atomic E-state index is 13.7. The quantitative estimate of drug-likeness (QED) is 0.474. The van der Waals surface area contributed by atoms with Gasteiger partial charge in [0.2, 0.25) is 5.91 Å². The van der Waals surface area contributed by atoms with Gasteiger partial charge in [-0.1, -0.05) is 55.5 Å². The molecule has 4 aromatic rings.